The summed E-state index contributed by atoms with van der Waals surface area (Å²) >= 11 is 0. The van der Waals surface area contributed by atoms with Crippen LogP contribution in [0.5, 0.6) is 11.5 Å². The van der Waals surface area contributed by atoms with Crippen LogP contribution in [0.1, 0.15) is 83.4 Å². The minimum Gasteiger partial charge on any atom is -0.497 e. The molecule has 0 fully saturated rings. The molecular weight excluding hydrogens is 697 g/mol. The molecule has 0 aliphatic carbocycles. The number of amides is 2. The zero-order valence-corrected chi connectivity index (χ0v) is 32.0. The monoisotopic (exact) mass is 742 g/mol. The van der Waals surface area contributed by atoms with E-state index in [1.807, 2.05) is 64.1 Å². The molecule has 2 N–H and O–H groups in total. The SMILES string of the molecule is CCc1cc(Cc2ccc(C)c(NC(=O)C3=CC(=O)C[C@@H](c4ccc(OC)cc4)O3)c2CC)cc(C)c1NC(=O)C1=CC(=O)C[C@H](c2ccc(OC)cc2)O1. The van der Waals surface area contributed by atoms with Gasteiger partial charge in [-0.15, -0.1) is 0 Å². The highest BCUT2D eigenvalue weighted by Crippen LogP contribution is 2.34. The van der Waals surface area contributed by atoms with Crippen LogP contribution in [-0.4, -0.2) is 37.6 Å². The largest absolute Gasteiger partial charge is 0.497 e. The summed E-state index contributed by atoms with van der Waals surface area (Å²) in [6.07, 6.45) is 3.52. The van der Waals surface area contributed by atoms with Crippen molar-refractivity contribution in [2.45, 2.75) is 72.0 Å². The minimum absolute atomic E-state index is 0.0280. The van der Waals surface area contributed by atoms with Crippen LogP contribution in [0.15, 0.2) is 96.5 Å². The van der Waals surface area contributed by atoms with Crippen molar-refractivity contribution in [3.05, 3.63) is 141 Å². The maximum Gasteiger partial charge on any atom is 0.290 e. The number of aryl methyl sites for hydroxylation is 3. The molecule has 0 unspecified atom stereocenters. The second-order valence-corrected chi connectivity index (χ2v) is 13.8. The van der Waals surface area contributed by atoms with Gasteiger partial charge in [-0.05, 0) is 102 Å². The highest BCUT2D eigenvalue weighted by atomic mass is 16.5. The molecule has 2 aliphatic rings. The number of rotatable bonds is 12. The van der Waals surface area contributed by atoms with Gasteiger partial charge in [-0.2, -0.15) is 0 Å². The zero-order valence-electron chi connectivity index (χ0n) is 32.0. The summed E-state index contributed by atoms with van der Waals surface area (Å²) in [5.41, 5.74) is 8.67. The van der Waals surface area contributed by atoms with Crippen molar-refractivity contribution in [3.63, 3.8) is 0 Å². The van der Waals surface area contributed by atoms with Crippen LogP contribution in [0.25, 0.3) is 0 Å². The molecule has 0 radical (unpaired) electrons. The van der Waals surface area contributed by atoms with Crippen LogP contribution in [-0.2, 0) is 47.9 Å². The van der Waals surface area contributed by atoms with Crippen molar-refractivity contribution in [1.82, 2.24) is 0 Å². The summed E-state index contributed by atoms with van der Waals surface area (Å²) in [7, 11) is 3.17. The lowest BCUT2D eigenvalue weighted by molar-refractivity contribution is -0.124. The molecule has 4 aromatic carbocycles. The number of nitrogens with one attached hydrogen (secondary N) is 2. The number of benzene rings is 4. The van der Waals surface area contributed by atoms with Gasteiger partial charge in [-0.25, -0.2) is 0 Å². The molecule has 55 heavy (non-hydrogen) atoms. The van der Waals surface area contributed by atoms with Gasteiger partial charge in [-0.1, -0.05) is 62.4 Å². The first-order chi connectivity index (χ1) is 26.5. The summed E-state index contributed by atoms with van der Waals surface area (Å²) < 4.78 is 22.6. The first-order valence-electron chi connectivity index (χ1n) is 18.5. The van der Waals surface area contributed by atoms with E-state index in [9.17, 15) is 19.2 Å². The topological polar surface area (TPSA) is 129 Å². The molecule has 4 aromatic rings. The molecule has 284 valence electrons. The maximum absolute atomic E-state index is 13.6. The summed E-state index contributed by atoms with van der Waals surface area (Å²) in [4.78, 5) is 52.5. The van der Waals surface area contributed by atoms with Crippen molar-refractivity contribution < 1.29 is 38.1 Å². The van der Waals surface area contributed by atoms with Crippen LogP contribution in [0.4, 0.5) is 11.4 Å². The second-order valence-electron chi connectivity index (χ2n) is 13.8. The van der Waals surface area contributed by atoms with E-state index in [1.54, 1.807) is 38.5 Å². The zero-order chi connectivity index (χ0) is 39.2. The van der Waals surface area contributed by atoms with Gasteiger partial charge in [0.15, 0.2) is 23.1 Å². The van der Waals surface area contributed by atoms with Crippen LogP contribution >= 0.6 is 0 Å². The lowest BCUT2D eigenvalue weighted by Gasteiger charge is -2.25. The van der Waals surface area contributed by atoms with E-state index in [4.69, 9.17) is 18.9 Å². The Morgan fingerprint density at radius 2 is 1.16 bits per heavy atom. The van der Waals surface area contributed by atoms with E-state index in [2.05, 4.69) is 22.8 Å². The average Bonchev–Trinajstić information content (AvgIpc) is 3.19. The lowest BCUT2D eigenvalue weighted by Crippen LogP contribution is -2.25. The molecule has 0 spiro atoms. The summed E-state index contributed by atoms with van der Waals surface area (Å²) in [5, 5.41) is 6.07. The molecule has 0 bridgehead atoms. The highest BCUT2D eigenvalue weighted by Gasteiger charge is 2.30. The summed E-state index contributed by atoms with van der Waals surface area (Å²) in [5.74, 6) is -0.0275. The molecule has 10 nitrogen and oxygen atoms in total. The maximum atomic E-state index is 13.6. The molecule has 6 rings (SSSR count). The lowest BCUT2D eigenvalue weighted by atomic mass is 9.92. The van der Waals surface area contributed by atoms with Gasteiger partial charge in [0, 0.05) is 23.5 Å². The highest BCUT2D eigenvalue weighted by molar-refractivity contribution is 6.09. The Hall–Kier alpha value is -6.16. The number of anilines is 2. The van der Waals surface area contributed by atoms with Crippen molar-refractivity contribution in [2.75, 3.05) is 24.9 Å². The minimum atomic E-state index is -0.586. The third-order valence-corrected chi connectivity index (χ3v) is 10.0. The Morgan fingerprint density at radius 1 is 0.655 bits per heavy atom. The van der Waals surface area contributed by atoms with E-state index in [0.717, 1.165) is 44.5 Å². The third kappa shape index (κ3) is 8.81. The normalized spacial score (nSPS) is 16.6. The Balaban J connectivity index is 1.18. The van der Waals surface area contributed by atoms with E-state index in [1.165, 1.54) is 12.2 Å². The van der Waals surface area contributed by atoms with Crippen LogP contribution in [0.3, 0.4) is 0 Å². The van der Waals surface area contributed by atoms with Crippen molar-refractivity contribution in [1.29, 1.82) is 0 Å². The number of carbonyl (C=O) groups is 4. The Kier molecular flexibility index (Phi) is 11.8. The smallest absolute Gasteiger partial charge is 0.290 e. The fraction of sp³-hybridized carbons (Fsp3) is 0.289. The standard InChI is InChI=1S/C45H46N2O8/c1-7-29-20-28(19-27(4)42(29)46-44(50)40-24-33(48)22-38(54-40)30-11-15-35(52-5)16-12-30)21-32-10-9-26(3)43(37(32)8-2)47-45(51)41-25-34(49)23-39(55-41)31-13-17-36(53-6)18-14-31/h9-20,24-25,38-39H,7-8,21-23H2,1-6H3,(H,46,50)(H,47,51)/t38-,39+/m1/s1. The van der Waals surface area contributed by atoms with E-state index in [-0.39, 0.29) is 35.9 Å². The second kappa shape index (κ2) is 16.9. The van der Waals surface area contributed by atoms with E-state index < -0.39 is 24.0 Å². The number of ketones is 2. The first-order valence-corrected chi connectivity index (χ1v) is 18.5. The van der Waals surface area contributed by atoms with Crippen LogP contribution in [0, 0.1) is 13.8 Å². The quantitative estimate of drug-likeness (QED) is 0.149. The van der Waals surface area contributed by atoms with Crippen LogP contribution in [0.2, 0.25) is 0 Å². The molecule has 0 saturated heterocycles. The predicted molar refractivity (Wildman–Crippen MR) is 210 cm³/mol. The number of hydrogen-bond acceptors (Lipinski definition) is 8. The number of carbonyl (C=O) groups excluding carboxylic acids is 4. The number of methoxy groups -OCH3 is 2. The van der Waals surface area contributed by atoms with E-state index in [0.29, 0.717) is 42.1 Å². The van der Waals surface area contributed by atoms with Crippen LogP contribution < -0.4 is 20.1 Å². The predicted octanol–water partition coefficient (Wildman–Crippen LogP) is 8.14. The molecule has 2 amide bonds. The van der Waals surface area contributed by atoms with E-state index >= 15 is 0 Å². The summed E-state index contributed by atoms with van der Waals surface area (Å²) in [6.45, 7) is 7.95. The van der Waals surface area contributed by atoms with Gasteiger partial charge in [0.05, 0.1) is 27.1 Å². The number of allylic oxidation sites excluding steroid dienone is 2. The Morgan fingerprint density at radius 3 is 1.64 bits per heavy atom. The average molecular weight is 743 g/mol. The fourth-order valence-electron chi connectivity index (χ4n) is 7.10. The van der Waals surface area contributed by atoms with Gasteiger partial charge in [0.2, 0.25) is 0 Å². The van der Waals surface area contributed by atoms with Crippen molar-refractivity contribution in [2.24, 2.45) is 0 Å². The van der Waals surface area contributed by atoms with Gasteiger partial charge < -0.3 is 29.6 Å². The molecule has 0 aromatic heterocycles. The third-order valence-electron chi connectivity index (χ3n) is 10.0. The Bertz CT molecular complexity index is 2180. The number of hydrogen-bond donors (Lipinski definition) is 2. The molecular formula is C45H46N2O8. The first kappa shape index (κ1) is 38.6. The number of ether oxygens (including phenoxy) is 4. The fourth-order valence-corrected chi connectivity index (χ4v) is 7.10. The van der Waals surface area contributed by atoms with Gasteiger partial charge in [-0.3, -0.25) is 19.2 Å². The molecule has 10 heteroatoms. The molecule has 2 aliphatic heterocycles. The van der Waals surface area contributed by atoms with Crippen molar-refractivity contribution in [3.8, 4) is 11.5 Å². The molecule has 2 heterocycles. The van der Waals surface area contributed by atoms with Gasteiger partial charge in [0.25, 0.3) is 11.8 Å². The van der Waals surface area contributed by atoms with Gasteiger partial charge >= 0.3 is 0 Å². The molecule has 0 saturated carbocycles. The Labute approximate surface area is 321 Å². The summed E-state index contributed by atoms with van der Waals surface area (Å²) in [6, 6.07) is 22.7. The van der Waals surface area contributed by atoms with Crippen molar-refractivity contribution >= 4 is 34.8 Å². The molecule has 2 atom stereocenters. The van der Waals surface area contributed by atoms with Gasteiger partial charge in [0.1, 0.15) is 23.7 Å².